The van der Waals surface area contributed by atoms with Crippen molar-refractivity contribution in [2.24, 2.45) is 0 Å². The summed E-state index contributed by atoms with van der Waals surface area (Å²) in [6.07, 6.45) is 3.01. The van der Waals surface area contributed by atoms with E-state index in [1.807, 2.05) is 0 Å². The highest BCUT2D eigenvalue weighted by atomic mass is 32.2. The number of hydrogen-bond donors (Lipinski definition) is 0. The Hall–Kier alpha value is -1.60. The van der Waals surface area contributed by atoms with Crippen LogP contribution in [0.2, 0.25) is 0 Å². The van der Waals surface area contributed by atoms with E-state index in [1.54, 1.807) is 12.1 Å². The molecule has 1 amide bonds. The molecule has 1 saturated heterocycles. The summed E-state index contributed by atoms with van der Waals surface area (Å²) < 4.78 is 5.29. The number of furan rings is 1. The zero-order chi connectivity index (χ0) is 13.3. The Labute approximate surface area is 112 Å². The molecule has 1 aliphatic heterocycles. The van der Waals surface area contributed by atoms with E-state index in [0.29, 0.717) is 10.7 Å². The number of carbonyl (C=O) groups excluding carboxylic acids is 2. The quantitative estimate of drug-likeness (QED) is 0.597. The van der Waals surface area contributed by atoms with Crippen LogP contribution in [-0.4, -0.2) is 27.1 Å². The number of hydrogen-bond acceptors (Lipinski definition) is 6. The fourth-order valence-corrected chi connectivity index (χ4v) is 2.82. The summed E-state index contributed by atoms with van der Waals surface area (Å²) in [7, 11) is 0. The Morgan fingerprint density at radius 1 is 1.67 bits per heavy atom. The molecule has 0 unspecified atom stereocenters. The Morgan fingerprint density at radius 3 is 2.94 bits per heavy atom. The van der Waals surface area contributed by atoms with Crippen LogP contribution in [0.4, 0.5) is 0 Å². The van der Waals surface area contributed by atoms with Crippen LogP contribution >= 0.6 is 24.0 Å². The van der Waals surface area contributed by atoms with Gasteiger partial charge in [0.25, 0.3) is 5.91 Å². The molecule has 1 aromatic rings. The lowest BCUT2D eigenvalue weighted by molar-refractivity contribution is -0.309. The molecule has 0 spiro atoms. The van der Waals surface area contributed by atoms with Gasteiger partial charge < -0.3 is 14.3 Å². The summed E-state index contributed by atoms with van der Waals surface area (Å²) in [6, 6.07) is 2.30. The SMILES string of the molecule is C[C@@H](C(=O)[O-])N1C(=O)/C(=C/c2ccco2)SC1=S. The predicted molar refractivity (Wildman–Crippen MR) is 68.2 cm³/mol. The van der Waals surface area contributed by atoms with Crippen molar-refractivity contribution >= 4 is 46.3 Å². The van der Waals surface area contributed by atoms with E-state index in [1.165, 1.54) is 19.3 Å². The van der Waals surface area contributed by atoms with Crippen LogP contribution in [-0.2, 0) is 9.59 Å². The Kier molecular flexibility index (Phi) is 3.53. The van der Waals surface area contributed by atoms with Gasteiger partial charge in [0.1, 0.15) is 10.1 Å². The molecule has 0 aromatic carbocycles. The first-order chi connectivity index (χ1) is 8.50. The number of carbonyl (C=O) groups is 2. The van der Waals surface area contributed by atoms with Gasteiger partial charge in [-0.2, -0.15) is 0 Å². The predicted octanol–water partition coefficient (Wildman–Crippen LogP) is 0.619. The third-order valence-corrected chi connectivity index (χ3v) is 3.70. The van der Waals surface area contributed by atoms with Crippen molar-refractivity contribution in [2.45, 2.75) is 13.0 Å². The molecule has 2 rings (SSSR count). The fraction of sp³-hybridized carbons (Fsp3) is 0.182. The standard InChI is InChI=1S/C11H9NO4S2/c1-6(10(14)15)12-9(13)8(18-11(12)17)5-7-3-2-4-16-7/h2-6H,1H3,(H,14,15)/p-1/b8-5-/t6-/m0/s1. The summed E-state index contributed by atoms with van der Waals surface area (Å²) in [5.41, 5.74) is 0. The van der Waals surface area contributed by atoms with Crippen molar-refractivity contribution in [3.05, 3.63) is 29.1 Å². The highest BCUT2D eigenvalue weighted by molar-refractivity contribution is 8.26. The molecule has 1 fully saturated rings. The second-order valence-electron chi connectivity index (χ2n) is 3.56. The third-order valence-electron chi connectivity index (χ3n) is 2.37. The first-order valence-corrected chi connectivity index (χ1v) is 6.24. The third kappa shape index (κ3) is 2.32. The molecule has 94 valence electrons. The van der Waals surface area contributed by atoms with Crippen LogP contribution in [0.25, 0.3) is 6.08 Å². The maximum atomic E-state index is 12.0. The summed E-state index contributed by atoms with van der Waals surface area (Å²) in [5.74, 6) is -1.28. The second kappa shape index (κ2) is 4.95. The smallest absolute Gasteiger partial charge is 0.266 e. The fourth-order valence-electron chi connectivity index (χ4n) is 1.42. The van der Waals surface area contributed by atoms with Gasteiger partial charge in [-0.25, -0.2) is 0 Å². The van der Waals surface area contributed by atoms with E-state index in [2.05, 4.69) is 0 Å². The minimum atomic E-state index is -1.34. The second-order valence-corrected chi connectivity index (χ2v) is 5.24. The van der Waals surface area contributed by atoms with Gasteiger partial charge >= 0.3 is 0 Å². The van der Waals surface area contributed by atoms with Crippen molar-refractivity contribution < 1.29 is 19.1 Å². The molecule has 0 N–H and O–H groups in total. The van der Waals surface area contributed by atoms with Gasteiger partial charge in [-0.1, -0.05) is 24.0 Å². The molecule has 1 aromatic heterocycles. The molecular formula is C11H8NO4S2-. The molecule has 0 aliphatic carbocycles. The lowest BCUT2D eigenvalue weighted by atomic mass is 10.3. The molecule has 2 heterocycles. The van der Waals surface area contributed by atoms with Gasteiger partial charge in [0.15, 0.2) is 0 Å². The van der Waals surface area contributed by atoms with Gasteiger partial charge in [-0.15, -0.1) is 0 Å². The molecule has 1 atom stereocenters. The lowest BCUT2D eigenvalue weighted by Gasteiger charge is -2.23. The molecule has 5 nitrogen and oxygen atoms in total. The zero-order valence-electron chi connectivity index (χ0n) is 9.28. The first kappa shape index (κ1) is 12.8. The largest absolute Gasteiger partial charge is 0.548 e. The minimum Gasteiger partial charge on any atom is -0.548 e. The van der Waals surface area contributed by atoms with Gasteiger partial charge in [0, 0.05) is 6.08 Å². The Balaban J connectivity index is 2.27. The highest BCUT2D eigenvalue weighted by Crippen LogP contribution is 2.33. The van der Waals surface area contributed by atoms with Crippen LogP contribution in [0.1, 0.15) is 12.7 Å². The number of aliphatic carboxylic acids is 1. The van der Waals surface area contributed by atoms with E-state index < -0.39 is 17.9 Å². The minimum absolute atomic E-state index is 0.203. The topological polar surface area (TPSA) is 73.6 Å². The van der Waals surface area contributed by atoms with Crippen molar-refractivity contribution in [3.63, 3.8) is 0 Å². The van der Waals surface area contributed by atoms with Gasteiger partial charge in [-0.3, -0.25) is 9.69 Å². The Morgan fingerprint density at radius 2 is 2.39 bits per heavy atom. The zero-order valence-corrected chi connectivity index (χ0v) is 10.9. The van der Waals surface area contributed by atoms with Crippen molar-refractivity contribution in [1.82, 2.24) is 4.90 Å². The summed E-state index contributed by atoms with van der Waals surface area (Å²) >= 11 is 6.03. The average Bonchev–Trinajstić information content (AvgIpc) is 2.88. The van der Waals surface area contributed by atoms with Crippen LogP contribution in [0.3, 0.4) is 0 Å². The van der Waals surface area contributed by atoms with Crippen LogP contribution in [0.15, 0.2) is 27.7 Å². The molecular weight excluding hydrogens is 274 g/mol. The van der Waals surface area contributed by atoms with E-state index in [-0.39, 0.29) is 4.32 Å². The average molecular weight is 282 g/mol. The number of thiocarbonyl (C=S) groups is 1. The first-order valence-electron chi connectivity index (χ1n) is 5.02. The van der Waals surface area contributed by atoms with Gasteiger partial charge in [0.05, 0.1) is 23.2 Å². The molecule has 1 aliphatic rings. The number of rotatable bonds is 3. The maximum Gasteiger partial charge on any atom is 0.266 e. The van der Waals surface area contributed by atoms with Crippen molar-refractivity contribution in [2.75, 3.05) is 0 Å². The van der Waals surface area contributed by atoms with E-state index in [9.17, 15) is 14.7 Å². The Bertz CT molecular complexity index is 535. The molecule has 0 saturated carbocycles. The summed E-state index contributed by atoms with van der Waals surface area (Å²) in [6.45, 7) is 1.36. The van der Waals surface area contributed by atoms with E-state index >= 15 is 0 Å². The number of carboxylic acid groups (broad SMARTS) is 1. The van der Waals surface area contributed by atoms with Crippen LogP contribution < -0.4 is 5.11 Å². The molecule has 0 bridgehead atoms. The highest BCUT2D eigenvalue weighted by Gasteiger charge is 2.35. The van der Waals surface area contributed by atoms with Gasteiger partial charge in [0.2, 0.25) is 0 Å². The normalized spacial score (nSPS) is 19.6. The summed E-state index contributed by atoms with van der Waals surface area (Å²) in [4.78, 5) is 24.2. The van der Waals surface area contributed by atoms with Crippen LogP contribution in [0.5, 0.6) is 0 Å². The summed E-state index contributed by atoms with van der Waals surface area (Å²) in [5, 5.41) is 10.8. The lowest BCUT2D eigenvalue weighted by Crippen LogP contribution is -2.48. The monoisotopic (exact) mass is 282 g/mol. The van der Waals surface area contributed by atoms with E-state index in [4.69, 9.17) is 16.6 Å². The van der Waals surface area contributed by atoms with Crippen LogP contribution in [0, 0.1) is 0 Å². The van der Waals surface area contributed by atoms with Crippen molar-refractivity contribution in [3.8, 4) is 0 Å². The van der Waals surface area contributed by atoms with E-state index in [0.717, 1.165) is 16.7 Å². The molecule has 18 heavy (non-hydrogen) atoms. The number of carboxylic acids is 1. The van der Waals surface area contributed by atoms with Crippen molar-refractivity contribution in [1.29, 1.82) is 0 Å². The number of amides is 1. The number of nitrogens with zero attached hydrogens (tertiary/aromatic N) is 1. The molecule has 0 radical (unpaired) electrons. The number of thioether (sulfide) groups is 1. The molecule has 7 heteroatoms. The van der Waals surface area contributed by atoms with Gasteiger partial charge in [-0.05, 0) is 19.1 Å². The maximum absolute atomic E-state index is 12.0.